The van der Waals surface area contributed by atoms with Crippen molar-refractivity contribution in [2.24, 2.45) is 35.5 Å². The summed E-state index contributed by atoms with van der Waals surface area (Å²) in [5.41, 5.74) is -0.388. The fraction of sp³-hybridized carbons (Fsp3) is 1.00. The van der Waals surface area contributed by atoms with Gasteiger partial charge in [-0.15, -0.1) is 0 Å². The molecule has 6 atom stereocenters. The van der Waals surface area contributed by atoms with E-state index in [0.29, 0.717) is 5.92 Å². The molecule has 3 rings (SSSR count). The SMILES string of the molecule is COCCCCC(O)(CCC1CC2CC1C(C)C2C)C1CCCC1. The first-order valence-corrected chi connectivity index (χ1v) is 10.8. The minimum Gasteiger partial charge on any atom is -0.390 e. The van der Waals surface area contributed by atoms with Crippen molar-refractivity contribution < 1.29 is 9.84 Å². The van der Waals surface area contributed by atoms with Crippen LogP contribution in [-0.4, -0.2) is 24.4 Å². The highest BCUT2D eigenvalue weighted by molar-refractivity contribution is 4.99. The second kappa shape index (κ2) is 8.08. The molecule has 0 aromatic rings. The van der Waals surface area contributed by atoms with E-state index in [0.717, 1.165) is 61.9 Å². The molecule has 0 saturated heterocycles. The number of aliphatic hydroxyl groups is 1. The van der Waals surface area contributed by atoms with Crippen LogP contribution in [-0.2, 0) is 4.74 Å². The van der Waals surface area contributed by atoms with Gasteiger partial charge in [0.25, 0.3) is 0 Å². The molecule has 0 radical (unpaired) electrons. The van der Waals surface area contributed by atoms with Gasteiger partial charge in [0.2, 0.25) is 0 Å². The van der Waals surface area contributed by atoms with Gasteiger partial charge in [0, 0.05) is 13.7 Å². The van der Waals surface area contributed by atoms with Crippen molar-refractivity contribution in [2.45, 2.75) is 90.1 Å². The van der Waals surface area contributed by atoms with Gasteiger partial charge in [-0.25, -0.2) is 0 Å². The first-order chi connectivity index (χ1) is 11.5. The highest BCUT2D eigenvalue weighted by Crippen LogP contribution is 2.56. The molecule has 3 aliphatic rings. The van der Waals surface area contributed by atoms with Crippen molar-refractivity contribution in [1.29, 1.82) is 0 Å². The number of methoxy groups -OCH3 is 1. The highest BCUT2D eigenvalue weighted by atomic mass is 16.5. The van der Waals surface area contributed by atoms with E-state index in [1.807, 2.05) is 0 Å². The molecule has 0 aromatic heterocycles. The zero-order valence-electron chi connectivity index (χ0n) is 16.3. The van der Waals surface area contributed by atoms with Gasteiger partial charge >= 0.3 is 0 Å². The lowest BCUT2D eigenvalue weighted by atomic mass is 9.71. The molecule has 2 bridgehead atoms. The Labute approximate surface area is 149 Å². The summed E-state index contributed by atoms with van der Waals surface area (Å²) in [6.45, 7) is 5.79. The van der Waals surface area contributed by atoms with Gasteiger partial charge in [-0.05, 0) is 93.3 Å². The van der Waals surface area contributed by atoms with Crippen molar-refractivity contribution >= 4 is 0 Å². The van der Waals surface area contributed by atoms with Crippen LogP contribution in [0.3, 0.4) is 0 Å². The molecule has 2 heteroatoms. The third-order valence-electron chi connectivity index (χ3n) is 8.31. The van der Waals surface area contributed by atoms with E-state index in [4.69, 9.17) is 4.74 Å². The lowest BCUT2D eigenvalue weighted by Gasteiger charge is -2.38. The molecular formula is C22H40O2. The maximum absolute atomic E-state index is 11.5. The van der Waals surface area contributed by atoms with Gasteiger partial charge < -0.3 is 9.84 Å². The molecule has 0 aromatic carbocycles. The summed E-state index contributed by atoms with van der Waals surface area (Å²) in [6.07, 6.45) is 13.6. The molecule has 0 aliphatic heterocycles. The first kappa shape index (κ1) is 18.7. The lowest BCUT2D eigenvalue weighted by molar-refractivity contribution is -0.0417. The van der Waals surface area contributed by atoms with Crippen LogP contribution in [0, 0.1) is 35.5 Å². The van der Waals surface area contributed by atoms with Gasteiger partial charge in [-0.2, -0.15) is 0 Å². The van der Waals surface area contributed by atoms with Crippen LogP contribution >= 0.6 is 0 Å². The molecule has 24 heavy (non-hydrogen) atoms. The summed E-state index contributed by atoms with van der Waals surface area (Å²) in [5, 5.41) is 11.5. The standard InChI is InChI=1S/C22H40O2/c1-16-17(2)21-15-19(16)14-18(21)10-12-22(23,11-6-7-13-24-3)20-8-4-5-9-20/h16-21,23H,4-15H2,1-3H3. The van der Waals surface area contributed by atoms with E-state index in [9.17, 15) is 5.11 Å². The molecule has 3 saturated carbocycles. The van der Waals surface area contributed by atoms with E-state index >= 15 is 0 Å². The molecule has 3 aliphatic carbocycles. The highest BCUT2D eigenvalue weighted by Gasteiger charge is 2.49. The Morgan fingerprint density at radius 2 is 1.75 bits per heavy atom. The third-order valence-corrected chi connectivity index (χ3v) is 8.31. The maximum Gasteiger partial charge on any atom is 0.0676 e. The minimum atomic E-state index is -0.388. The minimum absolute atomic E-state index is 0.388. The Bertz CT molecular complexity index is 387. The predicted octanol–water partition coefficient (Wildman–Crippen LogP) is 5.43. The maximum atomic E-state index is 11.5. The molecule has 1 N–H and O–H groups in total. The summed E-state index contributed by atoms with van der Waals surface area (Å²) >= 11 is 0. The Morgan fingerprint density at radius 3 is 2.38 bits per heavy atom. The molecule has 0 spiro atoms. The monoisotopic (exact) mass is 336 g/mol. The van der Waals surface area contributed by atoms with Crippen molar-refractivity contribution in [3.05, 3.63) is 0 Å². The number of unbranched alkanes of at least 4 members (excludes halogenated alkanes) is 1. The van der Waals surface area contributed by atoms with Crippen LogP contribution < -0.4 is 0 Å². The topological polar surface area (TPSA) is 29.5 Å². The number of ether oxygens (including phenoxy) is 1. The summed E-state index contributed by atoms with van der Waals surface area (Å²) in [5.74, 6) is 5.25. The van der Waals surface area contributed by atoms with Gasteiger partial charge in [-0.1, -0.05) is 26.7 Å². The number of rotatable bonds is 9. The summed E-state index contributed by atoms with van der Waals surface area (Å²) in [4.78, 5) is 0. The van der Waals surface area contributed by atoms with E-state index in [2.05, 4.69) is 13.8 Å². The quantitative estimate of drug-likeness (QED) is 0.569. The second-order valence-corrected chi connectivity index (χ2v) is 9.45. The molecule has 0 heterocycles. The predicted molar refractivity (Wildman–Crippen MR) is 99.9 cm³/mol. The zero-order chi connectivity index (χ0) is 17.2. The Balaban J connectivity index is 1.54. The summed E-state index contributed by atoms with van der Waals surface area (Å²) < 4.78 is 5.20. The molecule has 140 valence electrons. The largest absolute Gasteiger partial charge is 0.390 e. The van der Waals surface area contributed by atoms with E-state index in [1.54, 1.807) is 7.11 Å². The Morgan fingerprint density at radius 1 is 1.00 bits per heavy atom. The van der Waals surface area contributed by atoms with Crippen molar-refractivity contribution in [1.82, 2.24) is 0 Å². The van der Waals surface area contributed by atoms with Gasteiger partial charge in [0.1, 0.15) is 0 Å². The first-order valence-electron chi connectivity index (χ1n) is 10.8. The Hall–Kier alpha value is -0.0800. The van der Waals surface area contributed by atoms with Gasteiger partial charge in [0.05, 0.1) is 5.60 Å². The van der Waals surface area contributed by atoms with E-state index < -0.39 is 0 Å². The molecular weight excluding hydrogens is 296 g/mol. The van der Waals surface area contributed by atoms with Crippen LogP contribution in [0.25, 0.3) is 0 Å². The number of fused-ring (bicyclic) bond motifs is 2. The third kappa shape index (κ3) is 3.85. The van der Waals surface area contributed by atoms with Crippen molar-refractivity contribution in [2.75, 3.05) is 13.7 Å². The van der Waals surface area contributed by atoms with Crippen LogP contribution in [0.1, 0.15) is 84.5 Å². The molecule has 6 unspecified atom stereocenters. The summed E-state index contributed by atoms with van der Waals surface area (Å²) in [7, 11) is 1.78. The fourth-order valence-corrected chi connectivity index (χ4v) is 6.54. The van der Waals surface area contributed by atoms with Crippen molar-refractivity contribution in [3.8, 4) is 0 Å². The average molecular weight is 337 g/mol. The molecule has 2 nitrogen and oxygen atoms in total. The van der Waals surface area contributed by atoms with Gasteiger partial charge in [-0.3, -0.25) is 0 Å². The van der Waals surface area contributed by atoms with Crippen LogP contribution in [0.4, 0.5) is 0 Å². The molecule has 3 fully saturated rings. The summed E-state index contributed by atoms with van der Waals surface area (Å²) in [6, 6.07) is 0. The Kier molecular flexibility index (Phi) is 6.30. The fourth-order valence-electron chi connectivity index (χ4n) is 6.54. The smallest absolute Gasteiger partial charge is 0.0676 e. The molecule has 0 amide bonds. The van der Waals surface area contributed by atoms with Crippen molar-refractivity contribution in [3.63, 3.8) is 0 Å². The number of hydrogen-bond donors (Lipinski definition) is 1. The lowest BCUT2D eigenvalue weighted by Crippen LogP contribution is -2.38. The van der Waals surface area contributed by atoms with Gasteiger partial charge in [0.15, 0.2) is 0 Å². The van der Waals surface area contributed by atoms with E-state index in [-0.39, 0.29) is 5.60 Å². The normalized spacial score (nSPS) is 38.8. The van der Waals surface area contributed by atoms with Crippen LogP contribution in [0.15, 0.2) is 0 Å². The van der Waals surface area contributed by atoms with E-state index in [1.165, 1.54) is 44.9 Å². The average Bonchev–Trinajstić information content (AvgIpc) is 3.29. The second-order valence-electron chi connectivity index (χ2n) is 9.45. The number of hydrogen-bond acceptors (Lipinski definition) is 2. The zero-order valence-corrected chi connectivity index (χ0v) is 16.3. The van der Waals surface area contributed by atoms with Crippen LogP contribution in [0.5, 0.6) is 0 Å². The van der Waals surface area contributed by atoms with Crippen LogP contribution in [0.2, 0.25) is 0 Å².